The SMILES string of the molecule is CN(C)[C@H](CNC(=O)C[C@H](c1cncs1)C1(C(F)(F)F)CC1)Cc1ccc(C(N)=O)c(F)c1F. The molecule has 6 nitrogen and oxygen atoms in total. The van der Waals surface area contributed by atoms with Crippen LogP contribution in [0.25, 0.3) is 0 Å². The summed E-state index contributed by atoms with van der Waals surface area (Å²) in [4.78, 5) is 29.8. The van der Waals surface area contributed by atoms with Gasteiger partial charge >= 0.3 is 6.18 Å². The topological polar surface area (TPSA) is 88.3 Å². The summed E-state index contributed by atoms with van der Waals surface area (Å²) in [6.07, 6.45) is -3.54. The zero-order chi connectivity index (χ0) is 25.3. The van der Waals surface area contributed by atoms with Crippen LogP contribution in [0, 0.1) is 17.0 Å². The smallest absolute Gasteiger partial charge is 0.366 e. The van der Waals surface area contributed by atoms with Gasteiger partial charge in [0.15, 0.2) is 11.6 Å². The van der Waals surface area contributed by atoms with Crippen molar-refractivity contribution < 1.29 is 31.5 Å². The summed E-state index contributed by atoms with van der Waals surface area (Å²) in [5, 5.41) is 2.64. The number of carbonyl (C=O) groups excluding carboxylic acids is 2. The Morgan fingerprint density at radius 1 is 1.24 bits per heavy atom. The van der Waals surface area contributed by atoms with E-state index in [2.05, 4.69) is 10.3 Å². The van der Waals surface area contributed by atoms with Crippen molar-refractivity contribution in [1.82, 2.24) is 15.2 Å². The van der Waals surface area contributed by atoms with Crippen LogP contribution >= 0.6 is 11.3 Å². The fourth-order valence-corrected chi connectivity index (χ4v) is 4.89. The maximum absolute atomic E-state index is 14.4. The number of aromatic nitrogens is 1. The van der Waals surface area contributed by atoms with E-state index in [1.165, 1.54) is 17.8 Å². The van der Waals surface area contributed by atoms with Gasteiger partial charge in [-0.15, -0.1) is 11.3 Å². The van der Waals surface area contributed by atoms with Gasteiger partial charge in [-0.3, -0.25) is 14.6 Å². The molecule has 3 rings (SSSR count). The number of hydrogen-bond donors (Lipinski definition) is 2. The summed E-state index contributed by atoms with van der Waals surface area (Å²) in [6, 6.07) is 1.85. The van der Waals surface area contributed by atoms with Crippen LogP contribution in [0.3, 0.4) is 0 Å². The lowest BCUT2D eigenvalue weighted by atomic mass is 9.84. The minimum Gasteiger partial charge on any atom is -0.366 e. The molecule has 0 aliphatic heterocycles. The molecule has 2 atom stereocenters. The van der Waals surface area contributed by atoms with E-state index in [0.717, 1.165) is 17.4 Å². The molecule has 0 unspecified atom stereocenters. The molecule has 1 aromatic carbocycles. The van der Waals surface area contributed by atoms with Gasteiger partial charge in [-0.05, 0) is 45.0 Å². The normalized spacial score (nSPS) is 16.8. The largest absolute Gasteiger partial charge is 0.395 e. The summed E-state index contributed by atoms with van der Waals surface area (Å²) >= 11 is 1.08. The number of rotatable bonds is 10. The second-order valence-corrected chi connectivity index (χ2v) is 9.62. The molecule has 1 fully saturated rings. The second kappa shape index (κ2) is 9.95. The van der Waals surface area contributed by atoms with Gasteiger partial charge in [0, 0.05) is 36.0 Å². The molecular formula is C22H25F5N4O2S. The van der Waals surface area contributed by atoms with Crippen LogP contribution < -0.4 is 11.1 Å². The molecule has 0 saturated heterocycles. The van der Waals surface area contributed by atoms with Crippen LogP contribution in [-0.2, 0) is 11.2 Å². The maximum Gasteiger partial charge on any atom is 0.395 e. The molecule has 34 heavy (non-hydrogen) atoms. The maximum atomic E-state index is 14.4. The molecule has 1 aliphatic rings. The average molecular weight is 505 g/mol. The highest BCUT2D eigenvalue weighted by molar-refractivity contribution is 7.09. The lowest BCUT2D eigenvalue weighted by Gasteiger charge is -2.29. The standard InChI is InChI=1S/C22H25F5N4O2S/c1-31(2)13(7-12-3-4-14(20(28)33)19(24)18(12)23)9-30-17(32)8-15(16-10-29-11-34-16)21(5-6-21)22(25,26)27/h3-4,10-11,13,15H,5-9H2,1-2H3,(H2,28,33)(H,30,32)/t13-,15+/m0/s1. The van der Waals surface area contributed by atoms with E-state index < -0.39 is 52.6 Å². The first-order chi connectivity index (χ1) is 15.9. The highest BCUT2D eigenvalue weighted by atomic mass is 32.1. The number of nitrogens with two attached hydrogens (primary N) is 1. The molecular weight excluding hydrogens is 479 g/mol. The van der Waals surface area contributed by atoms with Crippen molar-refractivity contribution in [1.29, 1.82) is 0 Å². The van der Waals surface area contributed by atoms with E-state index in [-0.39, 0.29) is 37.8 Å². The Labute approximate surface area is 197 Å². The Kier molecular flexibility index (Phi) is 7.61. The van der Waals surface area contributed by atoms with Gasteiger partial charge in [-0.25, -0.2) is 8.78 Å². The summed E-state index contributed by atoms with van der Waals surface area (Å²) < 4.78 is 69.8. The molecule has 0 bridgehead atoms. The lowest BCUT2D eigenvalue weighted by Crippen LogP contribution is -2.43. The van der Waals surface area contributed by atoms with Gasteiger partial charge in [0.2, 0.25) is 5.91 Å². The summed E-state index contributed by atoms with van der Waals surface area (Å²) in [7, 11) is 3.34. The molecule has 1 saturated carbocycles. The van der Waals surface area contributed by atoms with Gasteiger partial charge in [0.25, 0.3) is 5.91 Å². The number of benzene rings is 1. The van der Waals surface area contributed by atoms with E-state index in [1.807, 2.05) is 0 Å². The second-order valence-electron chi connectivity index (χ2n) is 8.70. The number of nitrogens with zero attached hydrogens (tertiary/aromatic N) is 2. The molecule has 0 radical (unpaired) electrons. The number of halogens is 5. The van der Waals surface area contributed by atoms with Crippen molar-refractivity contribution in [2.24, 2.45) is 11.1 Å². The molecule has 3 N–H and O–H groups in total. The predicted octanol–water partition coefficient (Wildman–Crippen LogP) is 3.63. The minimum absolute atomic E-state index is 0.00110. The van der Waals surface area contributed by atoms with Crippen LogP contribution in [0.5, 0.6) is 0 Å². The van der Waals surface area contributed by atoms with E-state index in [1.54, 1.807) is 19.0 Å². The third-order valence-electron chi connectivity index (χ3n) is 6.35. The van der Waals surface area contributed by atoms with Crippen LogP contribution in [-0.4, -0.2) is 54.6 Å². The Morgan fingerprint density at radius 3 is 2.41 bits per heavy atom. The molecule has 2 amide bonds. The fraction of sp³-hybridized carbons (Fsp3) is 0.500. The van der Waals surface area contributed by atoms with Crippen molar-refractivity contribution in [3.8, 4) is 0 Å². The first-order valence-corrected chi connectivity index (χ1v) is 11.4. The third kappa shape index (κ3) is 5.38. The van der Waals surface area contributed by atoms with E-state index in [0.29, 0.717) is 4.88 Å². The first-order valence-electron chi connectivity index (χ1n) is 10.5. The Bertz CT molecular complexity index is 1040. The molecule has 12 heteroatoms. The summed E-state index contributed by atoms with van der Waals surface area (Å²) in [6.45, 7) is -0.00110. The minimum atomic E-state index is -4.44. The van der Waals surface area contributed by atoms with Crippen LogP contribution in [0.2, 0.25) is 0 Å². The highest BCUT2D eigenvalue weighted by Gasteiger charge is 2.67. The lowest BCUT2D eigenvalue weighted by molar-refractivity contribution is -0.194. The number of carbonyl (C=O) groups is 2. The number of alkyl halides is 3. The van der Waals surface area contributed by atoms with Crippen molar-refractivity contribution in [3.63, 3.8) is 0 Å². The molecule has 1 aliphatic carbocycles. The number of nitrogens with one attached hydrogen (secondary N) is 1. The Hall–Kier alpha value is -2.60. The van der Waals surface area contributed by atoms with E-state index in [9.17, 15) is 31.5 Å². The van der Waals surface area contributed by atoms with E-state index >= 15 is 0 Å². The molecule has 2 aromatic rings. The molecule has 1 heterocycles. The Balaban J connectivity index is 1.69. The predicted molar refractivity (Wildman–Crippen MR) is 116 cm³/mol. The number of amides is 2. The van der Waals surface area contributed by atoms with Crippen LogP contribution in [0.1, 0.15) is 46.0 Å². The third-order valence-corrected chi connectivity index (χ3v) is 7.24. The first kappa shape index (κ1) is 26.0. The quantitative estimate of drug-likeness (QED) is 0.484. The average Bonchev–Trinajstić information content (AvgIpc) is 3.39. The number of thiazole rings is 1. The van der Waals surface area contributed by atoms with Crippen molar-refractivity contribution in [2.45, 2.75) is 43.8 Å². The van der Waals surface area contributed by atoms with Crippen LogP contribution in [0.4, 0.5) is 22.0 Å². The Morgan fingerprint density at radius 2 is 1.91 bits per heavy atom. The number of primary amides is 1. The van der Waals surface area contributed by atoms with Crippen molar-refractivity contribution in [3.05, 3.63) is 51.5 Å². The van der Waals surface area contributed by atoms with Gasteiger partial charge in [0.05, 0.1) is 16.5 Å². The van der Waals surface area contributed by atoms with E-state index in [4.69, 9.17) is 5.73 Å². The highest BCUT2D eigenvalue weighted by Crippen LogP contribution is 2.66. The van der Waals surface area contributed by atoms with Gasteiger partial charge in [0.1, 0.15) is 0 Å². The molecule has 0 spiro atoms. The van der Waals surface area contributed by atoms with Crippen LogP contribution in [0.15, 0.2) is 23.8 Å². The number of likely N-dealkylation sites (N-methyl/N-ethyl adjacent to an activating group) is 1. The molecule has 1 aromatic heterocycles. The number of hydrogen-bond acceptors (Lipinski definition) is 5. The van der Waals surface area contributed by atoms with Crippen molar-refractivity contribution in [2.75, 3.05) is 20.6 Å². The van der Waals surface area contributed by atoms with Gasteiger partial charge in [-0.1, -0.05) is 6.07 Å². The zero-order valence-corrected chi connectivity index (χ0v) is 19.4. The van der Waals surface area contributed by atoms with Gasteiger partial charge in [-0.2, -0.15) is 13.2 Å². The fourth-order valence-electron chi connectivity index (χ4n) is 4.05. The summed E-state index contributed by atoms with van der Waals surface area (Å²) in [5.41, 5.74) is 3.94. The van der Waals surface area contributed by atoms with Gasteiger partial charge < -0.3 is 16.0 Å². The zero-order valence-electron chi connectivity index (χ0n) is 18.6. The summed E-state index contributed by atoms with van der Waals surface area (Å²) in [5.74, 6) is -5.26. The molecule has 186 valence electrons. The monoisotopic (exact) mass is 504 g/mol. The van der Waals surface area contributed by atoms with Crippen molar-refractivity contribution >= 4 is 23.2 Å².